The van der Waals surface area contributed by atoms with E-state index in [4.69, 9.17) is 15.2 Å². The van der Waals surface area contributed by atoms with Gasteiger partial charge >= 0.3 is 6.18 Å². The molecule has 0 radical (unpaired) electrons. The van der Waals surface area contributed by atoms with Crippen LogP contribution in [-0.2, 0) is 21.7 Å². The summed E-state index contributed by atoms with van der Waals surface area (Å²) in [6.45, 7) is -1.92. The Morgan fingerprint density at radius 2 is 2.06 bits per heavy atom. The van der Waals surface area contributed by atoms with Crippen molar-refractivity contribution in [3.8, 4) is 0 Å². The van der Waals surface area contributed by atoms with Crippen LogP contribution in [0.2, 0.25) is 0 Å². The van der Waals surface area contributed by atoms with Gasteiger partial charge in [0.1, 0.15) is 23.7 Å². The second-order valence-electron chi connectivity index (χ2n) is 7.24. The predicted octanol–water partition coefficient (Wildman–Crippen LogP) is 2.46. The Kier molecular flexibility index (Phi) is 5.44. The highest BCUT2D eigenvalue weighted by Gasteiger charge is 2.62. The molecule has 1 saturated heterocycles. The minimum atomic E-state index is -4.73. The first-order valence-electron chi connectivity index (χ1n) is 9.29. The molecule has 1 amide bonds. The average molecular weight is 457 g/mol. The lowest BCUT2D eigenvalue weighted by Crippen LogP contribution is -2.48. The first-order chi connectivity index (χ1) is 15.1. The molecule has 1 aromatic carbocycles. The molecular formula is C19H16F5N5O3. The predicted molar refractivity (Wildman–Crippen MR) is 99.7 cm³/mol. The van der Waals surface area contributed by atoms with Gasteiger partial charge < -0.3 is 20.5 Å². The number of alkyl halides is 4. The van der Waals surface area contributed by atoms with E-state index in [1.54, 1.807) is 0 Å². The number of aromatic nitrogens is 2. The molecule has 1 aromatic heterocycles. The fourth-order valence-corrected chi connectivity index (χ4v) is 3.77. The van der Waals surface area contributed by atoms with E-state index in [-0.39, 0.29) is 22.6 Å². The van der Waals surface area contributed by atoms with Crippen molar-refractivity contribution in [1.29, 1.82) is 0 Å². The summed E-state index contributed by atoms with van der Waals surface area (Å²) in [7, 11) is 0. The number of rotatable bonds is 4. The lowest BCUT2D eigenvalue weighted by atomic mass is 9.77. The third-order valence-corrected chi connectivity index (χ3v) is 5.27. The number of nitrogens with two attached hydrogens (primary N) is 1. The molecule has 170 valence electrons. The number of fused-ring (bicyclic) bond motifs is 1. The Hall–Kier alpha value is -3.35. The van der Waals surface area contributed by atoms with Gasteiger partial charge in [0.05, 0.1) is 37.2 Å². The molecule has 0 spiro atoms. The molecule has 0 unspecified atom stereocenters. The highest BCUT2D eigenvalue weighted by Crippen LogP contribution is 2.50. The number of amidine groups is 1. The van der Waals surface area contributed by atoms with Gasteiger partial charge in [-0.15, -0.1) is 0 Å². The van der Waals surface area contributed by atoms with Crippen LogP contribution in [0.25, 0.3) is 0 Å². The number of hydrogen-bond donors (Lipinski definition) is 2. The van der Waals surface area contributed by atoms with E-state index in [0.29, 0.717) is 0 Å². The summed E-state index contributed by atoms with van der Waals surface area (Å²) >= 11 is 0. The maximum atomic E-state index is 14.8. The van der Waals surface area contributed by atoms with Crippen LogP contribution < -0.4 is 11.1 Å². The summed E-state index contributed by atoms with van der Waals surface area (Å²) in [5, 5.41) is 2.46. The number of ether oxygens (including phenoxy) is 2. The molecular weight excluding hydrogens is 441 g/mol. The molecule has 3 heterocycles. The van der Waals surface area contributed by atoms with Crippen LogP contribution in [0, 0.1) is 11.7 Å². The number of anilines is 1. The molecule has 3 N–H and O–H groups in total. The maximum absolute atomic E-state index is 14.8. The standard InChI is InChI=1S/C19H16F5N5O3/c20-4-10-5-27-14(6-26-10)16(30)28-9-1-2-13(21)11(3-9)18-8-32-15(19(22,23)24)12(18)7-31-17(25)29-18/h1-3,5-6,12,15H,4,7-8H2,(H2,25,29)(H,28,30)/t12-,15+,18-/m1/s1. The molecule has 1 fully saturated rings. The zero-order valence-corrected chi connectivity index (χ0v) is 16.2. The van der Waals surface area contributed by atoms with Crippen molar-refractivity contribution in [3.63, 3.8) is 0 Å². The van der Waals surface area contributed by atoms with Crippen LogP contribution in [0.5, 0.6) is 0 Å². The first kappa shape index (κ1) is 21.9. The van der Waals surface area contributed by atoms with E-state index >= 15 is 0 Å². The largest absolute Gasteiger partial charge is 0.465 e. The van der Waals surface area contributed by atoms with Crippen molar-refractivity contribution in [1.82, 2.24) is 9.97 Å². The summed E-state index contributed by atoms with van der Waals surface area (Å²) < 4.78 is 77.7. The number of aliphatic imine (C=N–C) groups is 1. The molecule has 0 aliphatic carbocycles. The summed E-state index contributed by atoms with van der Waals surface area (Å²) in [6, 6.07) is 2.96. The van der Waals surface area contributed by atoms with Crippen molar-refractivity contribution in [3.05, 3.63) is 53.4 Å². The smallest absolute Gasteiger partial charge is 0.415 e. The Morgan fingerprint density at radius 3 is 2.72 bits per heavy atom. The first-order valence-corrected chi connectivity index (χ1v) is 9.29. The van der Waals surface area contributed by atoms with Gasteiger partial charge in [0, 0.05) is 11.3 Å². The van der Waals surface area contributed by atoms with Crippen LogP contribution in [0.15, 0.2) is 35.6 Å². The summed E-state index contributed by atoms with van der Waals surface area (Å²) in [5.74, 6) is -2.99. The van der Waals surface area contributed by atoms with Crippen molar-refractivity contribution in [2.24, 2.45) is 16.6 Å². The quantitative estimate of drug-likeness (QED) is 0.683. The Labute approximate surface area is 177 Å². The number of hydrogen-bond acceptors (Lipinski definition) is 7. The normalized spacial score (nSPS) is 25.0. The fourth-order valence-electron chi connectivity index (χ4n) is 3.77. The third kappa shape index (κ3) is 3.83. The van der Waals surface area contributed by atoms with E-state index in [2.05, 4.69) is 20.3 Å². The number of carbonyl (C=O) groups is 1. The van der Waals surface area contributed by atoms with Crippen molar-refractivity contribution >= 4 is 17.6 Å². The van der Waals surface area contributed by atoms with E-state index < -0.39 is 61.4 Å². The van der Waals surface area contributed by atoms with Gasteiger partial charge in [0.15, 0.2) is 6.10 Å². The molecule has 0 bridgehead atoms. The number of benzene rings is 1. The molecule has 2 aliphatic rings. The average Bonchev–Trinajstić information content (AvgIpc) is 3.15. The van der Waals surface area contributed by atoms with Crippen LogP contribution in [0.3, 0.4) is 0 Å². The molecule has 2 aromatic rings. The van der Waals surface area contributed by atoms with Gasteiger partial charge in [-0.2, -0.15) is 13.2 Å². The highest BCUT2D eigenvalue weighted by molar-refractivity contribution is 6.02. The minimum absolute atomic E-state index is 0.0335. The van der Waals surface area contributed by atoms with Crippen LogP contribution >= 0.6 is 0 Å². The molecule has 0 saturated carbocycles. The van der Waals surface area contributed by atoms with E-state index in [1.807, 2.05) is 0 Å². The van der Waals surface area contributed by atoms with Crippen LogP contribution in [0.1, 0.15) is 21.7 Å². The van der Waals surface area contributed by atoms with Gasteiger partial charge in [0.25, 0.3) is 11.9 Å². The van der Waals surface area contributed by atoms with E-state index in [0.717, 1.165) is 24.5 Å². The highest BCUT2D eigenvalue weighted by atomic mass is 19.4. The SMILES string of the molecule is NC1=N[C@@]2(c3cc(NC(=O)c4cnc(CF)cn4)ccc3F)CO[C@H](C(F)(F)F)[C@H]2CO1. The van der Waals surface area contributed by atoms with Gasteiger partial charge in [-0.1, -0.05) is 0 Å². The Bertz CT molecular complexity index is 1060. The van der Waals surface area contributed by atoms with Gasteiger partial charge in [0.2, 0.25) is 0 Å². The molecule has 2 aliphatic heterocycles. The van der Waals surface area contributed by atoms with Gasteiger partial charge in [-0.25, -0.2) is 18.8 Å². The zero-order chi connectivity index (χ0) is 23.1. The summed E-state index contributed by atoms with van der Waals surface area (Å²) in [6.07, 6.45) is -4.82. The second kappa shape index (κ2) is 7.97. The fraction of sp³-hybridized carbons (Fsp3) is 0.368. The Balaban J connectivity index is 1.68. The Morgan fingerprint density at radius 1 is 1.28 bits per heavy atom. The van der Waals surface area contributed by atoms with Crippen molar-refractivity contribution < 1.29 is 36.2 Å². The maximum Gasteiger partial charge on any atom is 0.415 e. The number of amides is 1. The third-order valence-electron chi connectivity index (χ3n) is 5.27. The van der Waals surface area contributed by atoms with E-state index in [9.17, 15) is 26.7 Å². The molecule has 13 heteroatoms. The summed E-state index contributed by atoms with van der Waals surface area (Å²) in [4.78, 5) is 23.9. The topological polar surface area (TPSA) is 112 Å². The van der Waals surface area contributed by atoms with Crippen molar-refractivity contribution in [2.75, 3.05) is 18.5 Å². The lowest BCUT2D eigenvalue weighted by molar-refractivity contribution is -0.219. The molecule has 4 rings (SSSR count). The van der Waals surface area contributed by atoms with E-state index in [1.165, 1.54) is 6.07 Å². The number of halogens is 5. The second-order valence-corrected chi connectivity index (χ2v) is 7.24. The lowest BCUT2D eigenvalue weighted by Gasteiger charge is -2.36. The zero-order valence-electron chi connectivity index (χ0n) is 16.2. The number of nitrogens with zero attached hydrogens (tertiary/aromatic N) is 3. The molecule has 3 atom stereocenters. The molecule has 32 heavy (non-hydrogen) atoms. The minimum Gasteiger partial charge on any atom is -0.465 e. The number of nitrogens with one attached hydrogen (secondary N) is 1. The van der Waals surface area contributed by atoms with Gasteiger partial charge in [-0.05, 0) is 18.2 Å². The van der Waals surface area contributed by atoms with Crippen molar-refractivity contribution in [2.45, 2.75) is 24.5 Å². The molecule has 8 nitrogen and oxygen atoms in total. The van der Waals surface area contributed by atoms with Crippen LogP contribution in [0.4, 0.5) is 27.6 Å². The van der Waals surface area contributed by atoms with Crippen LogP contribution in [-0.4, -0.2) is 47.4 Å². The monoisotopic (exact) mass is 457 g/mol. The summed E-state index contributed by atoms with van der Waals surface area (Å²) in [5.41, 5.74) is 3.51. The number of carbonyl (C=O) groups excluding carboxylic acids is 1. The van der Waals surface area contributed by atoms with Gasteiger partial charge in [-0.3, -0.25) is 9.78 Å².